The number of anilines is 1. The predicted octanol–water partition coefficient (Wildman–Crippen LogP) is 2.56. The Morgan fingerprint density at radius 2 is 2.00 bits per heavy atom. The van der Waals surface area contributed by atoms with E-state index in [4.69, 9.17) is 9.47 Å². The molecule has 2 atom stereocenters. The van der Waals surface area contributed by atoms with Gasteiger partial charge in [0, 0.05) is 19.7 Å². The summed E-state index contributed by atoms with van der Waals surface area (Å²) in [6, 6.07) is 4.51. The van der Waals surface area contributed by atoms with Gasteiger partial charge in [0.25, 0.3) is 0 Å². The molecule has 1 aromatic heterocycles. The molecule has 0 fully saturated rings. The van der Waals surface area contributed by atoms with Crippen molar-refractivity contribution in [3.8, 4) is 22.1 Å². The Kier molecular flexibility index (Phi) is 5.98. The Balaban J connectivity index is 1.72. The molecule has 2 aromatic rings. The molecule has 0 saturated heterocycles. The Bertz CT molecular complexity index is 869. The van der Waals surface area contributed by atoms with Crippen molar-refractivity contribution in [2.24, 2.45) is 5.92 Å². The first-order chi connectivity index (χ1) is 13.4. The van der Waals surface area contributed by atoms with E-state index >= 15 is 0 Å². The monoisotopic (exact) mass is 405 g/mol. The van der Waals surface area contributed by atoms with Crippen LogP contribution in [0.1, 0.15) is 20.3 Å². The molecule has 2 N–H and O–H groups in total. The first-order valence-electron chi connectivity index (χ1n) is 8.91. The van der Waals surface area contributed by atoms with Crippen LogP contribution in [0.5, 0.6) is 11.5 Å². The molecule has 0 spiro atoms. The van der Waals surface area contributed by atoms with E-state index in [2.05, 4.69) is 20.8 Å². The second kappa shape index (κ2) is 8.42. The van der Waals surface area contributed by atoms with Gasteiger partial charge in [-0.25, -0.2) is 4.79 Å². The van der Waals surface area contributed by atoms with Gasteiger partial charge in [0.1, 0.15) is 11.0 Å². The van der Waals surface area contributed by atoms with E-state index in [0.717, 1.165) is 12.0 Å². The Morgan fingerprint density at radius 1 is 1.25 bits per heavy atom. The molecule has 3 rings (SSSR count). The van der Waals surface area contributed by atoms with Crippen molar-refractivity contribution in [2.75, 3.05) is 26.2 Å². The summed E-state index contributed by atoms with van der Waals surface area (Å²) in [5.41, 5.74) is 0.821. The number of hydrogen-bond acceptors (Lipinski definition) is 7. The number of nitrogens with one attached hydrogen (secondary N) is 2. The number of hydrogen-bond donors (Lipinski definition) is 2. The third-order valence-corrected chi connectivity index (χ3v) is 5.34. The molecule has 1 aliphatic rings. The van der Waals surface area contributed by atoms with E-state index in [9.17, 15) is 9.59 Å². The summed E-state index contributed by atoms with van der Waals surface area (Å²) in [4.78, 5) is 26.1. The first-order valence-corrected chi connectivity index (χ1v) is 9.73. The fourth-order valence-electron chi connectivity index (χ4n) is 2.57. The lowest BCUT2D eigenvalue weighted by Crippen LogP contribution is -2.50. The van der Waals surface area contributed by atoms with E-state index in [1.54, 1.807) is 14.1 Å². The molecule has 0 saturated carbocycles. The van der Waals surface area contributed by atoms with Crippen LogP contribution >= 0.6 is 11.3 Å². The minimum absolute atomic E-state index is 0.0369. The van der Waals surface area contributed by atoms with Crippen LogP contribution in [-0.2, 0) is 4.79 Å². The lowest BCUT2D eigenvalue weighted by atomic mass is 9.98. The van der Waals surface area contributed by atoms with Crippen LogP contribution in [0.3, 0.4) is 0 Å². The van der Waals surface area contributed by atoms with Gasteiger partial charge in [0.2, 0.25) is 17.8 Å². The number of fused-ring (bicyclic) bond motifs is 1. The summed E-state index contributed by atoms with van der Waals surface area (Å²) in [5, 5.41) is 14.7. The Morgan fingerprint density at radius 3 is 2.71 bits per heavy atom. The van der Waals surface area contributed by atoms with Crippen molar-refractivity contribution in [2.45, 2.75) is 26.3 Å². The van der Waals surface area contributed by atoms with E-state index in [-0.39, 0.29) is 24.6 Å². The maximum Gasteiger partial charge on any atom is 0.317 e. The number of benzene rings is 1. The Labute approximate surface area is 167 Å². The van der Waals surface area contributed by atoms with Gasteiger partial charge in [0.15, 0.2) is 11.5 Å². The summed E-state index contributed by atoms with van der Waals surface area (Å²) in [5.74, 6) is 0.986. The van der Waals surface area contributed by atoms with Crippen LogP contribution in [0.4, 0.5) is 9.93 Å². The van der Waals surface area contributed by atoms with Crippen molar-refractivity contribution in [3.05, 3.63) is 18.2 Å². The third-order valence-electron chi connectivity index (χ3n) is 4.46. The molecule has 1 aromatic carbocycles. The highest BCUT2D eigenvalue weighted by Crippen LogP contribution is 2.37. The molecule has 9 nitrogen and oxygen atoms in total. The van der Waals surface area contributed by atoms with Crippen molar-refractivity contribution in [1.82, 2.24) is 20.4 Å². The van der Waals surface area contributed by atoms with Crippen molar-refractivity contribution in [1.29, 1.82) is 0 Å². The van der Waals surface area contributed by atoms with Crippen LogP contribution < -0.4 is 20.1 Å². The van der Waals surface area contributed by atoms with Gasteiger partial charge in [-0.1, -0.05) is 31.6 Å². The zero-order chi connectivity index (χ0) is 20.3. The second-order valence-corrected chi connectivity index (χ2v) is 7.65. The fraction of sp³-hybridized carbons (Fsp3) is 0.444. The maximum absolute atomic E-state index is 12.7. The van der Waals surface area contributed by atoms with E-state index in [0.29, 0.717) is 21.6 Å². The number of amides is 3. The van der Waals surface area contributed by atoms with Gasteiger partial charge in [-0.15, -0.1) is 10.2 Å². The molecule has 10 heteroatoms. The molecule has 0 radical (unpaired) electrons. The highest BCUT2D eigenvalue weighted by molar-refractivity contribution is 7.18. The molecule has 0 aliphatic carbocycles. The van der Waals surface area contributed by atoms with Gasteiger partial charge >= 0.3 is 6.03 Å². The molecular formula is C18H23N5O4S. The zero-order valence-corrected chi connectivity index (χ0v) is 17.0. The van der Waals surface area contributed by atoms with Gasteiger partial charge in [0.05, 0.1) is 0 Å². The number of carbonyl (C=O) groups is 2. The number of rotatable bonds is 6. The first kappa shape index (κ1) is 19.9. The topological polar surface area (TPSA) is 106 Å². The standard InChI is InChI=1S/C18H23N5O4S/c1-5-10(2)14(19-18(25)23(3)4)15(24)20-17-22-21-16(28-17)11-6-7-12-13(8-11)27-9-26-12/h6-8,10,14H,5,9H2,1-4H3,(H,19,25)(H,20,22,24). The molecule has 2 heterocycles. The van der Waals surface area contributed by atoms with Crippen LogP contribution in [0.15, 0.2) is 18.2 Å². The van der Waals surface area contributed by atoms with Gasteiger partial charge in [-0.2, -0.15) is 0 Å². The van der Waals surface area contributed by atoms with Crippen LogP contribution in [-0.4, -0.2) is 54.0 Å². The maximum atomic E-state index is 12.7. The van der Waals surface area contributed by atoms with E-state index < -0.39 is 6.04 Å². The summed E-state index contributed by atoms with van der Waals surface area (Å²) in [6.45, 7) is 4.08. The van der Waals surface area contributed by atoms with Crippen LogP contribution in [0, 0.1) is 5.92 Å². The fourth-order valence-corrected chi connectivity index (χ4v) is 3.31. The van der Waals surface area contributed by atoms with Crippen LogP contribution in [0.25, 0.3) is 10.6 Å². The van der Waals surface area contributed by atoms with Crippen molar-refractivity contribution < 1.29 is 19.1 Å². The van der Waals surface area contributed by atoms with Crippen molar-refractivity contribution >= 4 is 28.4 Å². The minimum Gasteiger partial charge on any atom is -0.454 e. The Hall–Kier alpha value is -2.88. The summed E-state index contributed by atoms with van der Waals surface area (Å²) in [6.07, 6.45) is 0.740. The number of aromatic nitrogens is 2. The van der Waals surface area contributed by atoms with Crippen molar-refractivity contribution in [3.63, 3.8) is 0 Å². The SMILES string of the molecule is CCC(C)C(NC(=O)N(C)C)C(=O)Nc1nnc(-c2ccc3c(c2)OCO3)s1. The molecule has 0 bridgehead atoms. The largest absolute Gasteiger partial charge is 0.454 e. The molecule has 2 unspecified atom stereocenters. The van der Waals surface area contributed by atoms with E-state index in [1.807, 2.05) is 32.0 Å². The lowest BCUT2D eigenvalue weighted by Gasteiger charge is -2.24. The quantitative estimate of drug-likeness (QED) is 0.765. The lowest BCUT2D eigenvalue weighted by molar-refractivity contribution is -0.119. The highest BCUT2D eigenvalue weighted by Gasteiger charge is 2.27. The van der Waals surface area contributed by atoms with Gasteiger partial charge in [-0.3, -0.25) is 10.1 Å². The number of ether oxygens (including phenoxy) is 2. The number of carbonyl (C=O) groups excluding carboxylic acids is 2. The minimum atomic E-state index is -0.669. The second-order valence-electron chi connectivity index (χ2n) is 6.68. The van der Waals surface area contributed by atoms with Gasteiger partial charge in [-0.05, 0) is 24.1 Å². The molecule has 150 valence electrons. The normalized spacial score (nSPS) is 14.3. The number of urea groups is 1. The molecule has 3 amide bonds. The summed E-state index contributed by atoms with van der Waals surface area (Å²) >= 11 is 1.25. The average Bonchev–Trinajstić information content (AvgIpc) is 3.33. The summed E-state index contributed by atoms with van der Waals surface area (Å²) < 4.78 is 10.7. The molecule has 28 heavy (non-hydrogen) atoms. The zero-order valence-electron chi connectivity index (χ0n) is 16.2. The molecule has 1 aliphatic heterocycles. The average molecular weight is 405 g/mol. The van der Waals surface area contributed by atoms with Crippen LogP contribution in [0.2, 0.25) is 0 Å². The smallest absolute Gasteiger partial charge is 0.317 e. The predicted molar refractivity (Wildman–Crippen MR) is 106 cm³/mol. The highest BCUT2D eigenvalue weighted by atomic mass is 32.1. The third kappa shape index (κ3) is 4.33. The number of nitrogens with zero attached hydrogens (tertiary/aromatic N) is 3. The molecular weight excluding hydrogens is 382 g/mol. The van der Waals surface area contributed by atoms with Gasteiger partial charge < -0.3 is 19.7 Å². The summed E-state index contributed by atoms with van der Waals surface area (Å²) in [7, 11) is 3.26. The van der Waals surface area contributed by atoms with E-state index in [1.165, 1.54) is 16.2 Å².